The predicted octanol–water partition coefficient (Wildman–Crippen LogP) is 4.01. The summed E-state index contributed by atoms with van der Waals surface area (Å²) in [5.41, 5.74) is 4.98. The van der Waals surface area contributed by atoms with Crippen LogP contribution in [0.2, 0.25) is 0 Å². The van der Waals surface area contributed by atoms with E-state index in [1.165, 1.54) is 0 Å². The molecular formula is C26H31N5O2. The molecule has 4 heterocycles. The second-order valence-corrected chi connectivity index (χ2v) is 8.84. The van der Waals surface area contributed by atoms with Crippen LogP contribution in [0.5, 0.6) is 11.6 Å². The van der Waals surface area contributed by atoms with E-state index in [9.17, 15) is 0 Å². The van der Waals surface area contributed by atoms with Crippen LogP contribution >= 0.6 is 0 Å². The predicted molar refractivity (Wildman–Crippen MR) is 131 cm³/mol. The van der Waals surface area contributed by atoms with E-state index in [1.54, 1.807) is 0 Å². The van der Waals surface area contributed by atoms with Gasteiger partial charge in [0, 0.05) is 36.1 Å². The van der Waals surface area contributed by atoms with Crippen LogP contribution < -0.4 is 14.8 Å². The molecule has 4 aromatic rings. The normalized spacial score (nSPS) is 14.9. The zero-order valence-electron chi connectivity index (χ0n) is 19.3. The van der Waals surface area contributed by atoms with Crippen molar-refractivity contribution in [3.63, 3.8) is 0 Å². The molecular weight excluding hydrogens is 414 g/mol. The minimum Gasteiger partial charge on any atom is -0.488 e. The standard InChI is InChI=1S/C26H31N5O2/c1-30(2)15-4-16-32-25-10-8-19(17-28-25)20-7-9-24-29-22-5-3-6-23(26(22)31(24)18-20)33-21-11-13-27-14-12-21/h3,5-10,17-18,21,27H,4,11-16H2,1-2H3. The van der Waals surface area contributed by atoms with Crippen molar-refractivity contribution in [3.05, 3.63) is 54.9 Å². The molecule has 5 rings (SSSR count). The number of nitrogens with one attached hydrogen (secondary N) is 1. The van der Waals surface area contributed by atoms with Gasteiger partial charge in [0.25, 0.3) is 0 Å². The molecule has 33 heavy (non-hydrogen) atoms. The third-order valence-corrected chi connectivity index (χ3v) is 6.03. The highest BCUT2D eigenvalue weighted by Gasteiger charge is 2.18. The molecule has 0 aliphatic carbocycles. The lowest BCUT2D eigenvalue weighted by molar-refractivity contribution is 0.164. The van der Waals surface area contributed by atoms with Gasteiger partial charge in [-0.2, -0.15) is 0 Å². The van der Waals surface area contributed by atoms with Crippen LogP contribution in [0, 0.1) is 0 Å². The first kappa shape index (κ1) is 21.7. The summed E-state index contributed by atoms with van der Waals surface area (Å²) in [6, 6.07) is 14.2. The Balaban J connectivity index is 1.40. The number of hydrogen-bond acceptors (Lipinski definition) is 6. The summed E-state index contributed by atoms with van der Waals surface area (Å²) in [5, 5.41) is 3.40. The Labute approximate surface area is 194 Å². The Morgan fingerprint density at radius 1 is 1.06 bits per heavy atom. The minimum absolute atomic E-state index is 0.236. The minimum atomic E-state index is 0.236. The first-order valence-electron chi connectivity index (χ1n) is 11.7. The van der Waals surface area contributed by atoms with Crippen molar-refractivity contribution >= 4 is 16.7 Å². The SMILES string of the molecule is CN(C)CCCOc1ccc(-c2ccc3nc4cccc(OC5CCNCC5)c4n3c2)cn1. The van der Waals surface area contributed by atoms with Crippen LogP contribution in [0.4, 0.5) is 0 Å². The fraction of sp³-hybridized carbons (Fsp3) is 0.385. The van der Waals surface area contributed by atoms with Crippen LogP contribution in [-0.2, 0) is 0 Å². The Morgan fingerprint density at radius 3 is 2.70 bits per heavy atom. The van der Waals surface area contributed by atoms with Gasteiger partial charge in [0.2, 0.25) is 5.88 Å². The van der Waals surface area contributed by atoms with Gasteiger partial charge in [0.1, 0.15) is 23.0 Å². The highest BCUT2D eigenvalue weighted by atomic mass is 16.5. The van der Waals surface area contributed by atoms with Gasteiger partial charge >= 0.3 is 0 Å². The fourth-order valence-corrected chi connectivity index (χ4v) is 4.28. The highest BCUT2D eigenvalue weighted by Crippen LogP contribution is 2.30. The smallest absolute Gasteiger partial charge is 0.213 e. The van der Waals surface area contributed by atoms with E-state index in [4.69, 9.17) is 14.5 Å². The Bertz CT molecular complexity index is 1210. The van der Waals surface area contributed by atoms with Gasteiger partial charge < -0.3 is 19.7 Å². The van der Waals surface area contributed by atoms with Crippen molar-refractivity contribution in [2.75, 3.05) is 40.3 Å². The lowest BCUT2D eigenvalue weighted by Gasteiger charge is -2.24. The van der Waals surface area contributed by atoms with Crippen LogP contribution in [0.25, 0.3) is 27.8 Å². The molecule has 0 spiro atoms. The van der Waals surface area contributed by atoms with Crippen molar-refractivity contribution in [3.8, 4) is 22.8 Å². The average molecular weight is 446 g/mol. The maximum absolute atomic E-state index is 6.43. The number of nitrogens with zero attached hydrogens (tertiary/aromatic N) is 4. The van der Waals surface area contributed by atoms with Crippen molar-refractivity contribution in [2.24, 2.45) is 0 Å². The molecule has 0 amide bonds. The maximum Gasteiger partial charge on any atom is 0.213 e. The molecule has 0 unspecified atom stereocenters. The Morgan fingerprint density at radius 2 is 1.91 bits per heavy atom. The van der Waals surface area contributed by atoms with Crippen LogP contribution in [-0.4, -0.2) is 65.7 Å². The van der Waals surface area contributed by atoms with Crippen molar-refractivity contribution < 1.29 is 9.47 Å². The van der Waals surface area contributed by atoms with Gasteiger partial charge in [-0.15, -0.1) is 0 Å². The summed E-state index contributed by atoms with van der Waals surface area (Å²) in [6.07, 6.45) is 7.24. The molecule has 1 aromatic carbocycles. The zero-order chi connectivity index (χ0) is 22.6. The quantitative estimate of drug-likeness (QED) is 0.414. The third kappa shape index (κ3) is 4.94. The lowest BCUT2D eigenvalue weighted by atomic mass is 10.1. The van der Waals surface area contributed by atoms with E-state index in [0.29, 0.717) is 12.5 Å². The summed E-state index contributed by atoms with van der Waals surface area (Å²) >= 11 is 0. The van der Waals surface area contributed by atoms with Crippen molar-refractivity contribution in [1.82, 2.24) is 24.6 Å². The maximum atomic E-state index is 6.43. The molecule has 1 saturated heterocycles. The molecule has 0 bridgehead atoms. The number of para-hydroxylation sites is 1. The van der Waals surface area contributed by atoms with E-state index in [2.05, 4.69) is 64.2 Å². The summed E-state index contributed by atoms with van der Waals surface area (Å²) in [4.78, 5) is 11.5. The van der Waals surface area contributed by atoms with Gasteiger partial charge in [-0.1, -0.05) is 6.07 Å². The first-order chi connectivity index (χ1) is 16.2. The largest absolute Gasteiger partial charge is 0.488 e. The van der Waals surface area contributed by atoms with Gasteiger partial charge in [-0.25, -0.2) is 9.97 Å². The van der Waals surface area contributed by atoms with E-state index >= 15 is 0 Å². The number of aromatic nitrogens is 3. The van der Waals surface area contributed by atoms with E-state index in [1.807, 2.05) is 24.4 Å². The van der Waals surface area contributed by atoms with Crippen molar-refractivity contribution in [1.29, 1.82) is 0 Å². The van der Waals surface area contributed by atoms with Crippen LogP contribution in [0.1, 0.15) is 19.3 Å². The second-order valence-electron chi connectivity index (χ2n) is 8.84. The first-order valence-corrected chi connectivity index (χ1v) is 11.7. The van der Waals surface area contributed by atoms with Gasteiger partial charge in [-0.3, -0.25) is 4.40 Å². The molecule has 1 N–H and O–H groups in total. The second kappa shape index (κ2) is 9.77. The van der Waals surface area contributed by atoms with Gasteiger partial charge in [0.05, 0.1) is 12.1 Å². The summed E-state index contributed by atoms with van der Waals surface area (Å²) in [6.45, 7) is 3.66. The number of imidazole rings is 1. The monoisotopic (exact) mass is 445 g/mol. The number of benzene rings is 1. The number of fused-ring (bicyclic) bond motifs is 3. The summed E-state index contributed by atoms with van der Waals surface area (Å²) in [7, 11) is 4.13. The molecule has 172 valence electrons. The van der Waals surface area contributed by atoms with Crippen LogP contribution in [0.15, 0.2) is 54.9 Å². The number of piperidine rings is 1. The lowest BCUT2D eigenvalue weighted by Crippen LogP contribution is -2.34. The molecule has 1 aliphatic rings. The van der Waals surface area contributed by atoms with E-state index < -0.39 is 0 Å². The van der Waals surface area contributed by atoms with Gasteiger partial charge in [-0.05, 0) is 76.8 Å². The Kier molecular flexibility index (Phi) is 6.41. The number of ether oxygens (including phenoxy) is 2. The number of pyridine rings is 2. The zero-order valence-corrected chi connectivity index (χ0v) is 19.3. The molecule has 3 aromatic heterocycles. The fourth-order valence-electron chi connectivity index (χ4n) is 4.28. The van der Waals surface area contributed by atoms with Crippen molar-refractivity contribution in [2.45, 2.75) is 25.4 Å². The van der Waals surface area contributed by atoms with E-state index in [-0.39, 0.29) is 6.10 Å². The Hall–Kier alpha value is -3.16. The van der Waals surface area contributed by atoms with E-state index in [0.717, 1.165) is 72.5 Å². The van der Waals surface area contributed by atoms with Gasteiger partial charge in [0.15, 0.2) is 0 Å². The molecule has 0 saturated carbocycles. The molecule has 7 nitrogen and oxygen atoms in total. The van der Waals surface area contributed by atoms with Crippen LogP contribution in [0.3, 0.4) is 0 Å². The molecule has 0 radical (unpaired) electrons. The molecule has 1 fully saturated rings. The number of hydrogen-bond donors (Lipinski definition) is 1. The summed E-state index contributed by atoms with van der Waals surface area (Å²) < 4.78 is 14.3. The topological polar surface area (TPSA) is 63.9 Å². The molecule has 0 atom stereocenters. The molecule has 7 heteroatoms. The summed E-state index contributed by atoms with van der Waals surface area (Å²) in [5.74, 6) is 1.55. The third-order valence-electron chi connectivity index (χ3n) is 6.03. The highest BCUT2D eigenvalue weighted by molar-refractivity contribution is 5.87. The molecule has 1 aliphatic heterocycles. The average Bonchev–Trinajstić information content (AvgIpc) is 3.22. The number of rotatable bonds is 8.